The number of alkyl halides is 3. The van der Waals surface area contributed by atoms with E-state index in [0.29, 0.717) is 35.0 Å². The normalized spacial score (nSPS) is 16.0. The van der Waals surface area contributed by atoms with Crippen LogP contribution in [0.3, 0.4) is 0 Å². The van der Waals surface area contributed by atoms with Gasteiger partial charge in [-0.1, -0.05) is 48.6 Å². The Morgan fingerprint density at radius 1 is 0.911 bits per heavy atom. The van der Waals surface area contributed by atoms with E-state index in [-0.39, 0.29) is 12.1 Å². The van der Waals surface area contributed by atoms with Crippen LogP contribution in [0, 0.1) is 5.82 Å². The molecule has 1 aliphatic heterocycles. The molecule has 2 unspecified atom stereocenters. The summed E-state index contributed by atoms with van der Waals surface area (Å²) >= 11 is 0. The second kappa shape index (κ2) is 11.9. The monoisotopic (exact) mass is 617 g/mol. The first-order chi connectivity index (χ1) is 21.6. The number of fused-ring (bicyclic) bond motifs is 2. The van der Waals surface area contributed by atoms with E-state index in [0.717, 1.165) is 17.0 Å². The highest BCUT2D eigenvalue weighted by Crippen LogP contribution is 2.44. The third-order valence-corrected chi connectivity index (χ3v) is 8.37. The van der Waals surface area contributed by atoms with Crippen molar-refractivity contribution in [3.05, 3.63) is 119 Å². The number of hydrogen-bond donors (Lipinski definition) is 4. The van der Waals surface area contributed by atoms with Crippen molar-refractivity contribution in [2.75, 3.05) is 13.1 Å². The SMILES string of the molecule is CC(=O)NC(C(=O)NCc1ccccc1C(F)(F)F)(C(c1c[nH]c2ccccc12)c1c[nH]c2ccc(F)cc12)N1CC=CCC1. The minimum absolute atomic E-state index is 0.119. The highest BCUT2D eigenvalue weighted by atomic mass is 19.4. The molecule has 232 valence electrons. The lowest BCUT2D eigenvalue weighted by atomic mass is 9.77. The van der Waals surface area contributed by atoms with Crippen molar-refractivity contribution in [2.45, 2.75) is 37.6 Å². The minimum Gasteiger partial charge on any atom is -0.361 e. The van der Waals surface area contributed by atoms with Crippen molar-refractivity contribution in [3.8, 4) is 0 Å². The van der Waals surface area contributed by atoms with Crippen molar-refractivity contribution in [1.82, 2.24) is 25.5 Å². The minimum atomic E-state index is -4.63. The number of nitrogens with zero attached hydrogens (tertiary/aromatic N) is 1. The molecule has 1 aliphatic rings. The summed E-state index contributed by atoms with van der Waals surface area (Å²) < 4.78 is 56.4. The zero-order valence-corrected chi connectivity index (χ0v) is 24.3. The van der Waals surface area contributed by atoms with E-state index < -0.39 is 47.5 Å². The molecule has 3 aromatic carbocycles. The fourth-order valence-electron chi connectivity index (χ4n) is 6.46. The Bertz CT molecular complexity index is 1910. The zero-order chi connectivity index (χ0) is 31.8. The Balaban J connectivity index is 1.59. The molecule has 0 saturated heterocycles. The van der Waals surface area contributed by atoms with Crippen molar-refractivity contribution < 1.29 is 27.2 Å². The van der Waals surface area contributed by atoms with Gasteiger partial charge in [-0.2, -0.15) is 13.2 Å². The number of benzene rings is 3. The van der Waals surface area contributed by atoms with Gasteiger partial charge in [0.15, 0.2) is 5.66 Å². The molecule has 0 bridgehead atoms. The molecular formula is C34H31F4N5O2. The van der Waals surface area contributed by atoms with Gasteiger partial charge in [-0.15, -0.1) is 0 Å². The predicted octanol–water partition coefficient (Wildman–Crippen LogP) is 6.35. The van der Waals surface area contributed by atoms with Crippen molar-refractivity contribution in [3.63, 3.8) is 0 Å². The molecule has 4 N–H and O–H groups in total. The van der Waals surface area contributed by atoms with E-state index in [9.17, 15) is 27.2 Å². The van der Waals surface area contributed by atoms with Gasteiger partial charge in [0.1, 0.15) is 5.82 Å². The lowest BCUT2D eigenvalue weighted by Gasteiger charge is -2.48. The van der Waals surface area contributed by atoms with Crippen molar-refractivity contribution in [1.29, 1.82) is 0 Å². The number of halogens is 4. The molecule has 0 saturated carbocycles. The first kappa shape index (κ1) is 30.1. The van der Waals surface area contributed by atoms with E-state index in [4.69, 9.17) is 0 Å². The Labute approximate surface area is 256 Å². The summed E-state index contributed by atoms with van der Waals surface area (Å²) in [5.41, 5.74) is -0.267. The van der Waals surface area contributed by atoms with Gasteiger partial charge in [0, 0.05) is 60.8 Å². The molecule has 2 aromatic heterocycles. The fourth-order valence-corrected chi connectivity index (χ4v) is 6.46. The van der Waals surface area contributed by atoms with Crippen LogP contribution < -0.4 is 10.6 Å². The van der Waals surface area contributed by atoms with Crippen LogP contribution in [0.4, 0.5) is 17.6 Å². The Kier molecular flexibility index (Phi) is 7.96. The number of H-pyrrole nitrogens is 2. The molecule has 5 aromatic rings. The van der Waals surface area contributed by atoms with E-state index in [1.54, 1.807) is 18.5 Å². The zero-order valence-electron chi connectivity index (χ0n) is 24.3. The third-order valence-electron chi connectivity index (χ3n) is 8.37. The standard InChI is InChI=1S/C34H31F4N5O2/c1-21(44)42-33(43-15-7-2-8-16-43,32(45)41-18-22-9-3-5-11-28(22)34(36,37)38)31(26-19-39-29-12-6-4-10-24(26)29)27-20-40-30-14-13-23(35)17-25(27)30/h2-7,9-14,17,19-20,31,39-40H,8,15-16,18H2,1H3,(H,41,45)(H,42,44). The van der Waals surface area contributed by atoms with E-state index in [2.05, 4.69) is 20.6 Å². The van der Waals surface area contributed by atoms with E-state index in [1.807, 2.05) is 41.3 Å². The maximum absolute atomic E-state index is 14.8. The number of aromatic amines is 2. The molecule has 0 spiro atoms. The Morgan fingerprint density at radius 3 is 2.31 bits per heavy atom. The van der Waals surface area contributed by atoms with Crippen LogP contribution in [0.1, 0.15) is 41.5 Å². The average molecular weight is 618 g/mol. The van der Waals surface area contributed by atoms with Gasteiger partial charge in [-0.3, -0.25) is 14.5 Å². The summed E-state index contributed by atoms with van der Waals surface area (Å²) in [5, 5.41) is 6.99. The number of carbonyl (C=O) groups is 2. The summed E-state index contributed by atoms with van der Waals surface area (Å²) in [5.74, 6) is -2.66. The number of rotatable bonds is 8. The Morgan fingerprint density at radius 2 is 1.60 bits per heavy atom. The first-order valence-electron chi connectivity index (χ1n) is 14.5. The molecule has 0 radical (unpaired) electrons. The molecule has 2 amide bonds. The van der Waals surface area contributed by atoms with Crippen LogP contribution in [0.25, 0.3) is 21.8 Å². The van der Waals surface area contributed by atoms with Crippen molar-refractivity contribution in [2.24, 2.45) is 0 Å². The second-order valence-electron chi connectivity index (χ2n) is 11.1. The summed E-state index contributed by atoms with van der Waals surface area (Å²) in [6, 6.07) is 16.8. The maximum Gasteiger partial charge on any atom is 0.416 e. The van der Waals surface area contributed by atoms with Crippen LogP contribution >= 0.6 is 0 Å². The summed E-state index contributed by atoms with van der Waals surface area (Å²) in [7, 11) is 0. The van der Waals surface area contributed by atoms with Gasteiger partial charge < -0.3 is 20.6 Å². The number of nitrogens with one attached hydrogen (secondary N) is 4. The molecule has 2 atom stereocenters. The fraction of sp³-hybridized carbons (Fsp3) is 0.235. The Hall–Kier alpha value is -4.90. The van der Waals surface area contributed by atoms with Gasteiger partial charge in [-0.25, -0.2) is 4.39 Å². The number of carbonyl (C=O) groups excluding carboxylic acids is 2. The highest BCUT2D eigenvalue weighted by molar-refractivity contribution is 5.96. The van der Waals surface area contributed by atoms with Crippen LogP contribution in [-0.2, 0) is 22.3 Å². The second-order valence-corrected chi connectivity index (χ2v) is 11.1. The number of aromatic nitrogens is 2. The molecule has 45 heavy (non-hydrogen) atoms. The van der Waals surface area contributed by atoms with E-state index in [1.165, 1.54) is 37.3 Å². The summed E-state index contributed by atoms with van der Waals surface area (Å²) in [6.07, 6.45) is 3.24. The first-order valence-corrected chi connectivity index (χ1v) is 14.5. The molecule has 7 nitrogen and oxygen atoms in total. The van der Waals surface area contributed by atoms with Crippen molar-refractivity contribution >= 4 is 33.6 Å². The van der Waals surface area contributed by atoms with Crippen LogP contribution in [-0.4, -0.2) is 45.4 Å². The van der Waals surface area contributed by atoms with Crippen LogP contribution in [0.2, 0.25) is 0 Å². The van der Waals surface area contributed by atoms with Gasteiger partial charge in [-0.05, 0) is 53.4 Å². The number of para-hydroxylation sites is 1. The molecule has 0 aliphatic carbocycles. The topological polar surface area (TPSA) is 93.0 Å². The van der Waals surface area contributed by atoms with Crippen LogP contribution in [0.5, 0.6) is 0 Å². The predicted molar refractivity (Wildman–Crippen MR) is 164 cm³/mol. The molecule has 0 fully saturated rings. The smallest absolute Gasteiger partial charge is 0.361 e. The van der Waals surface area contributed by atoms with Crippen LogP contribution in [0.15, 0.2) is 91.3 Å². The molecule has 11 heteroatoms. The average Bonchev–Trinajstić information content (AvgIpc) is 3.64. The largest absolute Gasteiger partial charge is 0.416 e. The lowest BCUT2D eigenvalue weighted by Crippen LogP contribution is -2.71. The number of hydrogen-bond acceptors (Lipinski definition) is 3. The quantitative estimate of drug-likeness (QED) is 0.121. The van der Waals surface area contributed by atoms with E-state index >= 15 is 0 Å². The summed E-state index contributed by atoms with van der Waals surface area (Å²) in [4.78, 5) is 36.2. The van der Waals surface area contributed by atoms with Gasteiger partial charge in [0.2, 0.25) is 5.91 Å². The molecule has 3 heterocycles. The molecule has 6 rings (SSSR count). The van der Waals surface area contributed by atoms with Gasteiger partial charge in [0.05, 0.1) is 11.5 Å². The molecular weight excluding hydrogens is 586 g/mol. The number of amides is 2. The lowest BCUT2D eigenvalue weighted by molar-refractivity contribution is -0.143. The maximum atomic E-state index is 14.8. The van der Waals surface area contributed by atoms with Gasteiger partial charge >= 0.3 is 6.18 Å². The third kappa shape index (κ3) is 5.59. The van der Waals surface area contributed by atoms with Gasteiger partial charge in [0.25, 0.3) is 5.91 Å². The summed E-state index contributed by atoms with van der Waals surface area (Å²) in [6.45, 7) is 1.48. The highest BCUT2D eigenvalue weighted by Gasteiger charge is 2.53.